The van der Waals surface area contributed by atoms with Crippen LogP contribution in [0.3, 0.4) is 0 Å². The first-order chi connectivity index (χ1) is 8.34. The molecule has 1 aromatic heterocycles. The fraction of sp³-hybridized carbons (Fsp3) is 0.0667. The van der Waals surface area contributed by atoms with E-state index in [1.54, 1.807) is 6.20 Å². The number of nitrogens with zero attached hydrogens (tertiary/aromatic N) is 1. The zero-order valence-corrected chi connectivity index (χ0v) is 9.26. The van der Waals surface area contributed by atoms with Crippen molar-refractivity contribution in [3.63, 3.8) is 0 Å². The molecule has 17 heavy (non-hydrogen) atoms. The standard InChI is InChI=1S/C15H11NO/c17-15-12(10-13-6-3-4-8-16-13)9-11-5-1-2-7-14(11)15/h1-8,10H,9H2. The van der Waals surface area contributed by atoms with Gasteiger partial charge in [-0.05, 0) is 23.8 Å². The van der Waals surface area contributed by atoms with E-state index in [1.165, 1.54) is 0 Å². The lowest BCUT2D eigenvalue weighted by Crippen LogP contribution is -1.95. The third-order valence-electron chi connectivity index (χ3n) is 2.94. The van der Waals surface area contributed by atoms with E-state index in [4.69, 9.17) is 0 Å². The van der Waals surface area contributed by atoms with E-state index in [0.29, 0.717) is 6.42 Å². The van der Waals surface area contributed by atoms with Gasteiger partial charge in [0.25, 0.3) is 0 Å². The molecule has 0 saturated carbocycles. The number of allylic oxidation sites excluding steroid dienone is 1. The van der Waals surface area contributed by atoms with Crippen LogP contribution in [-0.4, -0.2) is 10.8 Å². The van der Waals surface area contributed by atoms with Crippen LogP contribution in [0.2, 0.25) is 0 Å². The molecule has 0 bridgehead atoms. The summed E-state index contributed by atoms with van der Waals surface area (Å²) in [5, 5.41) is 0. The Morgan fingerprint density at radius 1 is 1.06 bits per heavy atom. The number of Topliss-reactive ketones (excluding diaryl/α,β-unsaturated/α-hetero) is 1. The van der Waals surface area contributed by atoms with Gasteiger partial charge in [0.05, 0.1) is 5.69 Å². The molecule has 0 aliphatic heterocycles. The second kappa shape index (κ2) is 3.98. The minimum Gasteiger partial charge on any atom is -0.289 e. The maximum atomic E-state index is 12.1. The van der Waals surface area contributed by atoms with Crippen molar-refractivity contribution in [1.29, 1.82) is 0 Å². The van der Waals surface area contributed by atoms with Gasteiger partial charge in [-0.3, -0.25) is 9.78 Å². The minimum absolute atomic E-state index is 0.131. The Bertz CT molecular complexity index is 599. The van der Waals surface area contributed by atoms with Gasteiger partial charge >= 0.3 is 0 Å². The van der Waals surface area contributed by atoms with Gasteiger partial charge in [-0.15, -0.1) is 0 Å². The molecule has 1 heterocycles. The molecule has 0 spiro atoms. The van der Waals surface area contributed by atoms with Gasteiger partial charge in [0.15, 0.2) is 5.78 Å². The number of hydrogen-bond donors (Lipinski definition) is 0. The van der Waals surface area contributed by atoms with Crippen molar-refractivity contribution in [2.75, 3.05) is 0 Å². The Hall–Kier alpha value is -2.22. The smallest absolute Gasteiger partial charge is 0.189 e. The Morgan fingerprint density at radius 3 is 2.65 bits per heavy atom. The number of fused-ring (bicyclic) bond motifs is 1. The van der Waals surface area contributed by atoms with E-state index in [9.17, 15) is 4.79 Å². The van der Waals surface area contributed by atoms with E-state index >= 15 is 0 Å². The molecule has 3 rings (SSSR count). The number of ketones is 1. The molecule has 0 atom stereocenters. The van der Waals surface area contributed by atoms with E-state index in [-0.39, 0.29) is 5.78 Å². The summed E-state index contributed by atoms with van der Waals surface area (Å²) in [6.07, 6.45) is 4.33. The molecule has 2 heteroatoms. The summed E-state index contributed by atoms with van der Waals surface area (Å²) in [6, 6.07) is 13.5. The molecule has 1 aliphatic rings. The van der Waals surface area contributed by atoms with Crippen LogP contribution in [0.25, 0.3) is 6.08 Å². The lowest BCUT2D eigenvalue weighted by atomic mass is 10.1. The van der Waals surface area contributed by atoms with Crippen molar-refractivity contribution in [1.82, 2.24) is 4.98 Å². The van der Waals surface area contributed by atoms with E-state index in [0.717, 1.165) is 22.4 Å². The summed E-state index contributed by atoms with van der Waals surface area (Å²) < 4.78 is 0. The van der Waals surface area contributed by atoms with Crippen LogP contribution < -0.4 is 0 Å². The van der Waals surface area contributed by atoms with E-state index in [1.807, 2.05) is 48.5 Å². The quantitative estimate of drug-likeness (QED) is 0.693. The summed E-state index contributed by atoms with van der Waals surface area (Å²) >= 11 is 0. The third-order valence-corrected chi connectivity index (χ3v) is 2.94. The molecule has 82 valence electrons. The molecule has 1 aliphatic carbocycles. The van der Waals surface area contributed by atoms with Gasteiger partial charge in [0.1, 0.15) is 0 Å². The van der Waals surface area contributed by atoms with Gasteiger partial charge in [-0.1, -0.05) is 30.3 Å². The van der Waals surface area contributed by atoms with Gasteiger partial charge in [-0.2, -0.15) is 0 Å². The lowest BCUT2D eigenvalue weighted by Gasteiger charge is -1.95. The first-order valence-corrected chi connectivity index (χ1v) is 5.59. The van der Waals surface area contributed by atoms with Crippen molar-refractivity contribution in [2.24, 2.45) is 0 Å². The number of carbonyl (C=O) groups excluding carboxylic acids is 1. The minimum atomic E-state index is 0.131. The average Bonchev–Trinajstić information content (AvgIpc) is 2.68. The zero-order chi connectivity index (χ0) is 11.7. The van der Waals surface area contributed by atoms with Crippen molar-refractivity contribution < 1.29 is 4.79 Å². The number of aromatic nitrogens is 1. The number of pyridine rings is 1. The predicted molar refractivity (Wildman–Crippen MR) is 66.7 cm³/mol. The maximum Gasteiger partial charge on any atom is 0.189 e. The summed E-state index contributed by atoms with van der Waals surface area (Å²) in [6.45, 7) is 0. The van der Waals surface area contributed by atoms with Crippen LogP contribution in [0.1, 0.15) is 21.6 Å². The summed E-state index contributed by atoms with van der Waals surface area (Å²) in [5.74, 6) is 0.131. The normalized spacial score (nSPS) is 16.2. The average molecular weight is 221 g/mol. The van der Waals surface area contributed by atoms with Crippen molar-refractivity contribution >= 4 is 11.9 Å². The van der Waals surface area contributed by atoms with Crippen LogP contribution in [-0.2, 0) is 6.42 Å². The highest BCUT2D eigenvalue weighted by Crippen LogP contribution is 2.26. The molecule has 0 fully saturated rings. The molecular weight excluding hydrogens is 210 g/mol. The maximum absolute atomic E-state index is 12.1. The van der Waals surface area contributed by atoms with E-state index in [2.05, 4.69) is 4.98 Å². The number of rotatable bonds is 1. The van der Waals surface area contributed by atoms with Crippen LogP contribution in [0.15, 0.2) is 54.2 Å². The summed E-state index contributed by atoms with van der Waals surface area (Å²) in [4.78, 5) is 16.3. The van der Waals surface area contributed by atoms with Gasteiger partial charge < -0.3 is 0 Å². The zero-order valence-electron chi connectivity index (χ0n) is 9.26. The Morgan fingerprint density at radius 2 is 1.88 bits per heavy atom. The fourth-order valence-electron chi connectivity index (χ4n) is 2.11. The fourth-order valence-corrected chi connectivity index (χ4v) is 2.11. The highest BCUT2D eigenvalue weighted by Gasteiger charge is 2.23. The van der Waals surface area contributed by atoms with Gasteiger partial charge in [-0.25, -0.2) is 0 Å². The molecular formula is C15H11NO. The Balaban J connectivity index is 2.00. The molecule has 0 saturated heterocycles. The third kappa shape index (κ3) is 1.78. The second-order valence-electron chi connectivity index (χ2n) is 4.09. The summed E-state index contributed by atoms with van der Waals surface area (Å²) in [7, 11) is 0. The van der Waals surface area contributed by atoms with Gasteiger partial charge in [0.2, 0.25) is 0 Å². The van der Waals surface area contributed by atoms with Crippen molar-refractivity contribution in [2.45, 2.75) is 6.42 Å². The topological polar surface area (TPSA) is 30.0 Å². The highest BCUT2D eigenvalue weighted by atomic mass is 16.1. The Labute approximate surface area is 99.6 Å². The molecule has 2 nitrogen and oxygen atoms in total. The highest BCUT2D eigenvalue weighted by molar-refractivity contribution is 6.15. The monoisotopic (exact) mass is 221 g/mol. The first-order valence-electron chi connectivity index (χ1n) is 5.59. The Kier molecular flexibility index (Phi) is 2.33. The second-order valence-corrected chi connectivity index (χ2v) is 4.09. The molecule has 0 unspecified atom stereocenters. The molecule has 2 aromatic rings. The first kappa shape index (κ1) is 9.97. The van der Waals surface area contributed by atoms with Crippen LogP contribution >= 0.6 is 0 Å². The van der Waals surface area contributed by atoms with E-state index < -0.39 is 0 Å². The van der Waals surface area contributed by atoms with Crippen molar-refractivity contribution in [3.8, 4) is 0 Å². The molecule has 0 N–H and O–H groups in total. The van der Waals surface area contributed by atoms with Crippen molar-refractivity contribution in [3.05, 3.63) is 71.1 Å². The lowest BCUT2D eigenvalue weighted by molar-refractivity contribution is 0.104. The number of carbonyl (C=O) groups is 1. The number of benzene rings is 1. The predicted octanol–water partition coefficient (Wildman–Crippen LogP) is 2.90. The van der Waals surface area contributed by atoms with Gasteiger partial charge in [0, 0.05) is 23.8 Å². The van der Waals surface area contributed by atoms with Crippen LogP contribution in [0.4, 0.5) is 0 Å². The number of hydrogen-bond acceptors (Lipinski definition) is 2. The molecule has 0 amide bonds. The largest absolute Gasteiger partial charge is 0.289 e. The SMILES string of the molecule is O=C1C(=Cc2ccccn2)Cc2ccccc21. The molecule has 1 aromatic carbocycles. The van der Waals surface area contributed by atoms with Crippen LogP contribution in [0.5, 0.6) is 0 Å². The summed E-state index contributed by atoms with van der Waals surface area (Å²) in [5.41, 5.74) is 3.60. The van der Waals surface area contributed by atoms with Crippen LogP contribution in [0, 0.1) is 0 Å². The molecule has 0 radical (unpaired) electrons.